The molecule has 0 saturated carbocycles. The van der Waals surface area contributed by atoms with Crippen LogP contribution in [0, 0.1) is 0 Å². The minimum absolute atomic E-state index is 0.0354. The monoisotopic (exact) mass is 276 g/mol. The first-order valence-corrected chi connectivity index (χ1v) is 6.14. The molecule has 0 amide bonds. The number of nitrogens with zero attached hydrogens (tertiary/aromatic N) is 2. The molecule has 19 heavy (non-hydrogen) atoms. The number of benzene rings is 1. The Morgan fingerprint density at radius 2 is 2.21 bits per heavy atom. The molecule has 2 rings (SSSR count). The van der Waals surface area contributed by atoms with Gasteiger partial charge in [0.05, 0.1) is 0 Å². The maximum Gasteiger partial charge on any atom is 0.259 e. The summed E-state index contributed by atoms with van der Waals surface area (Å²) in [6.45, 7) is 0.172. The Bertz CT molecular complexity index is 593. The fourth-order valence-electron chi connectivity index (χ4n) is 1.28. The van der Waals surface area contributed by atoms with Gasteiger partial charge in [0.15, 0.2) is 10.8 Å². The second kappa shape index (κ2) is 5.96. The number of anilines is 1. The molecule has 0 spiro atoms. The molecule has 1 radical (unpaired) electrons. The van der Waals surface area contributed by atoms with E-state index in [0.29, 0.717) is 10.8 Å². The highest BCUT2D eigenvalue weighted by atomic mass is 32.1. The predicted octanol–water partition coefficient (Wildman–Crippen LogP) is 1.46. The normalized spacial score (nSPS) is 11.3. The highest BCUT2D eigenvalue weighted by molar-refractivity contribution is 7.13. The Balaban J connectivity index is 2.00. The van der Waals surface area contributed by atoms with E-state index < -0.39 is 0 Å². The number of phenols is 1. The van der Waals surface area contributed by atoms with Gasteiger partial charge in [0.2, 0.25) is 0 Å². The quantitative estimate of drug-likeness (QED) is 0.636. The first-order valence-electron chi connectivity index (χ1n) is 5.26. The number of carbonyl (C=O) groups excluding carboxylic acids is 1. The maximum absolute atomic E-state index is 10.8. The first-order chi connectivity index (χ1) is 9.19. The second-order valence-electron chi connectivity index (χ2n) is 3.55. The molecule has 1 aromatic heterocycles. The number of oxime groups is 1. The van der Waals surface area contributed by atoms with E-state index in [1.807, 2.05) is 0 Å². The number of nitrogens with two attached hydrogens (primary N) is 1. The zero-order chi connectivity index (χ0) is 13.7. The van der Waals surface area contributed by atoms with Crippen molar-refractivity contribution in [3.8, 4) is 5.75 Å². The third-order valence-corrected chi connectivity index (χ3v) is 2.86. The van der Waals surface area contributed by atoms with Crippen LogP contribution < -0.4 is 5.73 Å². The van der Waals surface area contributed by atoms with Crippen molar-refractivity contribution in [3.63, 3.8) is 0 Å². The van der Waals surface area contributed by atoms with Gasteiger partial charge in [0.25, 0.3) is 6.29 Å². The number of nitrogen functional groups attached to an aromatic ring is 1. The van der Waals surface area contributed by atoms with Gasteiger partial charge < -0.3 is 15.7 Å². The lowest BCUT2D eigenvalue weighted by Gasteiger charge is -2.00. The van der Waals surface area contributed by atoms with Gasteiger partial charge in [-0.1, -0.05) is 17.3 Å². The summed E-state index contributed by atoms with van der Waals surface area (Å²) < 4.78 is 0. The summed E-state index contributed by atoms with van der Waals surface area (Å²) in [4.78, 5) is 19.7. The van der Waals surface area contributed by atoms with E-state index in [9.17, 15) is 4.79 Å². The lowest BCUT2D eigenvalue weighted by molar-refractivity contribution is 0.131. The summed E-state index contributed by atoms with van der Waals surface area (Å²) in [6, 6.07) is 6.46. The fourth-order valence-corrected chi connectivity index (χ4v) is 1.83. The van der Waals surface area contributed by atoms with Gasteiger partial charge in [-0.2, -0.15) is 0 Å². The van der Waals surface area contributed by atoms with Gasteiger partial charge >= 0.3 is 0 Å². The largest absolute Gasteiger partial charge is 0.508 e. The van der Waals surface area contributed by atoms with Crippen molar-refractivity contribution < 1.29 is 14.7 Å². The van der Waals surface area contributed by atoms with Crippen LogP contribution in [0.2, 0.25) is 0 Å². The molecule has 7 heteroatoms. The van der Waals surface area contributed by atoms with Crippen LogP contribution in [0.5, 0.6) is 5.75 Å². The third kappa shape index (κ3) is 3.52. The average molecular weight is 276 g/mol. The lowest BCUT2D eigenvalue weighted by Crippen LogP contribution is -2.04. The molecule has 2 aromatic rings. The van der Waals surface area contributed by atoms with E-state index in [2.05, 4.69) is 10.1 Å². The number of phenolic OH excluding ortho intramolecular Hbond substituents is 1. The zero-order valence-electron chi connectivity index (χ0n) is 9.74. The Labute approximate surface area is 113 Å². The molecular weight excluding hydrogens is 266 g/mol. The molecule has 1 heterocycles. The average Bonchev–Trinajstić information content (AvgIpc) is 2.83. The number of hydrogen-bond donors (Lipinski definition) is 2. The maximum atomic E-state index is 10.8. The summed E-state index contributed by atoms with van der Waals surface area (Å²) in [6.07, 6.45) is 1.65. The fraction of sp³-hybridized carbons (Fsp3) is 0.0833. The summed E-state index contributed by atoms with van der Waals surface area (Å²) in [5, 5.41) is 14.7. The minimum atomic E-state index is -0.0354. The Kier molecular flexibility index (Phi) is 4.09. The second-order valence-corrected chi connectivity index (χ2v) is 4.44. The van der Waals surface area contributed by atoms with Crippen LogP contribution in [0.3, 0.4) is 0 Å². The van der Waals surface area contributed by atoms with Gasteiger partial charge in [0.1, 0.15) is 18.1 Å². The van der Waals surface area contributed by atoms with Crippen molar-refractivity contribution in [2.75, 3.05) is 5.73 Å². The third-order valence-electron chi connectivity index (χ3n) is 2.18. The molecule has 0 aliphatic carbocycles. The molecule has 0 unspecified atom stereocenters. The van der Waals surface area contributed by atoms with Crippen LogP contribution in [-0.4, -0.2) is 22.1 Å². The Hall–Kier alpha value is -2.41. The molecular formula is C12H10N3O3S. The van der Waals surface area contributed by atoms with Crippen molar-refractivity contribution >= 4 is 28.5 Å². The minimum Gasteiger partial charge on any atom is -0.508 e. The molecule has 0 atom stereocenters. The standard InChI is InChI=1S/C12H10N3O3S/c13-12-14-11(7-19-12)10(5-16)15-18-6-8-1-3-9(17)4-2-8/h1-4,7,17H,6H2,(H2,13,14)/b15-10+. The molecule has 6 nitrogen and oxygen atoms in total. The van der Waals surface area contributed by atoms with Gasteiger partial charge in [-0.3, -0.25) is 4.79 Å². The number of hydrogen-bond acceptors (Lipinski definition) is 7. The van der Waals surface area contributed by atoms with Crippen LogP contribution in [0.15, 0.2) is 34.8 Å². The number of thiazole rings is 1. The van der Waals surface area contributed by atoms with Gasteiger partial charge in [-0.25, -0.2) is 4.98 Å². The smallest absolute Gasteiger partial charge is 0.259 e. The van der Waals surface area contributed by atoms with E-state index in [1.165, 1.54) is 23.5 Å². The molecule has 97 valence electrons. The Morgan fingerprint density at radius 3 is 2.79 bits per heavy atom. The molecule has 0 bridgehead atoms. The molecule has 0 saturated heterocycles. The highest BCUT2D eigenvalue weighted by Crippen LogP contribution is 2.13. The van der Waals surface area contributed by atoms with Gasteiger partial charge in [0, 0.05) is 5.38 Å². The topological polar surface area (TPSA) is 97.8 Å². The molecule has 0 aliphatic rings. The SMILES string of the molecule is Nc1nc(/C([C]=O)=N/OCc2ccc(O)cc2)cs1. The summed E-state index contributed by atoms with van der Waals surface area (Å²) in [7, 11) is 0. The van der Waals surface area contributed by atoms with Crippen molar-refractivity contribution in [1.29, 1.82) is 0 Å². The van der Waals surface area contributed by atoms with E-state index in [-0.39, 0.29) is 18.1 Å². The summed E-state index contributed by atoms with van der Waals surface area (Å²) in [5.74, 6) is 0.173. The van der Waals surface area contributed by atoms with Gasteiger partial charge in [-0.05, 0) is 17.7 Å². The van der Waals surface area contributed by atoms with Crippen molar-refractivity contribution in [3.05, 3.63) is 40.9 Å². The van der Waals surface area contributed by atoms with Crippen LogP contribution >= 0.6 is 11.3 Å². The molecule has 0 aliphatic heterocycles. The van der Waals surface area contributed by atoms with E-state index in [0.717, 1.165) is 5.56 Å². The lowest BCUT2D eigenvalue weighted by atomic mass is 10.2. The van der Waals surface area contributed by atoms with Crippen molar-refractivity contribution in [2.45, 2.75) is 6.61 Å². The summed E-state index contributed by atoms with van der Waals surface area (Å²) >= 11 is 1.20. The van der Waals surface area contributed by atoms with Gasteiger partial charge in [-0.15, -0.1) is 11.3 Å². The van der Waals surface area contributed by atoms with Crippen LogP contribution in [0.25, 0.3) is 0 Å². The number of aromatic nitrogens is 1. The zero-order valence-corrected chi connectivity index (χ0v) is 10.6. The highest BCUT2D eigenvalue weighted by Gasteiger charge is 2.08. The Morgan fingerprint density at radius 1 is 1.47 bits per heavy atom. The summed E-state index contributed by atoms with van der Waals surface area (Å²) in [5.41, 5.74) is 6.57. The van der Waals surface area contributed by atoms with E-state index in [1.54, 1.807) is 23.8 Å². The van der Waals surface area contributed by atoms with Crippen LogP contribution in [0.1, 0.15) is 11.3 Å². The van der Waals surface area contributed by atoms with Crippen molar-refractivity contribution in [1.82, 2.24) is 4.98 Å². The predicted molar refractivity (Wildman–Crippen MR) is 71.7 cm³/mol. The molecule has 0 fully saturated rings. The molecule has 1 aromatic carbocycles. The number of aromatic hydroxyl groups is 1. The first kappa shape index (κ1) is 13.0. The number of rotatable bonds is 5. The van der Waals surface area contributed by atoms with Crippen LogP contribution in [0.4, 0.5) is 5.13 Å². The van der Waals surface area contributed by atoms with Crippen LogP contribution in [-0.2, 0) is 16.2 Å². The van der Waals surface area contributed by atoms with E-state index >= 15 is 0 Å². The van der Waals surface area contributed by atoms with E-state index in [4.69, 9.17) is 15.7 Å². The van der Waals surface area contributed by atoms with Crippen molar-refractivity contribution in [2.24, 2.45) is 5.16 Å². The molecule has 3 N–H and O–H groups in total.